The minimum Gasteiger partial charge on any atom is -0.350 e. The molecule has 2 N–H and O–H groups in total. The van der Waals surface area contributed by atoms with E-state index in [1.807, 2.05) is 4.90 Å². The Morgan fingerprint density at radius 3 is 2.78 bits per heavy atom. The first-order valence-electron chi connectivity index (χ1n) is 6.55. The molecule has 1 aliphatic heterocycles. The van der Waals surface area contributed by atoms with Crippen molar-refractivity contribution in [3.8, 4) is 0 Å². The molecule has 0 spiro atoms. The Bertz CT molecular complexity index is 458. The summed E-state index contributed by atoms with van der Waals surface area (Å²) in [6, 6.07) is 0.130. The summed E-state index contributed by atoms with van der Waals surface area (Å²) in [6.07, 6.45) is 3.46. The van der Waals surface area contributed by atoms with Crippen molar-refractivity contribution in [3.05, 3.63) is 22.7 Å². The molecule has 0 saturated carbocycles. The normalized spacial score (nSPS) is 23.9. The fourth-order valence-electron chi connectivity index (χ4n) is 2.35. The van der Waals surface area contributed by atoms with Crippen LogP contribution in [0.25, 0.3) is 0 Å². The number of rotatable bonds is 3. The van der Waals surface area contributed by atoms with Crippen LogP contribution in [-0.2, 0) is 6.54 Å². The molecule has 1 aromatic heterocycles. The van der Waals surface area contributed by atoms with Gasteiger partial charge in [-0.25, -0.2) is 4.98 Å². The van der Waals surface area contributed by atoms with Crippen LogP contribution >= 0.6 is 0 Å². The second-order valence-electron chi connectivity index (χ2n) is 5.65. The van der Waals surface area contributed by atoms with Crippen molar-refractivity contribution in [2.45, 2.75) is 33.4 Å². The van der Waals surface area contributed by atoms with Gasteiger partial charge in [-0.1, -0.05) is 20.8 Å². The van der Waals surface area contributed by atoms with Gasteiger partial charge in [0.15, 0.2) is 5.82 Å². The smallest absolute Gasteiger partial charge is 0.293 e. The maximum atomic E-state index is 12.3. The number of hydrogen-bond donors (Lipinski definition) is 1. The number of anilines is 1. The molecule has 5 nitrogen and oxygen atoms in total. The molecule has 2 atom stereocenters. The fourth-order valence-corrected chi connectivity index (χ4v) is 2.35. The van der Waals surface area contributed by atoms with Crippen molar-refractivity contribution in [2.75, 3.05) is 18.0 Å². The third-order valence-electron chi connectivity index (χ3n) is 3.43. The van der Waals surface area contributed by atoms with Gasteiger partial charge in [-0.15, -0.1) is 0 Å². The van der Waals surface area contributed by atoms with Crippen LogP contribution in [0.4, 0.5) is 5.82 Å². The lowest BCUT2D eigenvalue weighted by Crippen LogP contribution is -2.34. The van der Waals surface area contributed by atoms with Crippen molar-refractivity contribution in [1.29, 1.82) is 0 Å². The Hall–Kier alpha value is -1.36. The Morgan fingerprint density at radius 1 is 1.50 bits per heavy atom. The molecule has 2 unspecified atom stereocenters. The van der Waals surface area contributed by atoms with Gasteiger partial charge < -0.3 is 15.2 Å². The SMILES string of the molecule is CC(C)Cn1ccnc(N2CC(C)C(N)C2)c1=O. The van der Waals surface area contributed by atoms with Crippen LogP contribution in [0, 0.1) is 11.8 Å². The van der Waals surface area contributed by atoms with Crippen LogP contribution in [0.2, 0.25) is 0 Å². The first kappa shape index (κ1) is 13.1. The summed E-state index contributed by atoms with van der Waals surface area (Å²) >= 11 is 0. The molecular weight excluding hydrogens is 228 g/mol. The molecular formula is C13H22N4O. The summed E-state index contributed by atoms with van der Waals surface area (Å²) in [7, 11) is 0. The maximum absolute atomic E-state index is 12.3. The summed E-state index contributed by atoms with van der Waals surface area (Å²) in [4.78, 5) is 18.6. The summed E-state index contributed by atoms with van der Waals surface area (Å²) in [5, 5.41) is 0. The quantitative estimate of drug-likeness (QED) is 0.857. The van der Waals surface area contributed by atoms with E-state index in [2.05, 4.69) is 25.8 Å². The molecule has 2 heterocycles. The number of aromatic nitrogens is 2. The van der Waals surface area contributed by atoms with E-state index in [1.54, 1.807) is 17.0 Å². The van der Waals surface area contributed by atoms with E-state index in [-0.39, 0.29) is 11.6 Å². The molecule has 0 radical (unpaired) electrons. The lowest BCUT2D eigenvalue weighted by molar-refractivity contribution is 0.508. The Balaban J connectivity index is 2.27. The van der Waals surface area contributed by atoms with E-state index in [9.17, 15) is 4.79 Å². The van der Waals surface area contributed by atoms with Crippen molar-refractivity contribution in [2.24, 2.45) is 17.6 Å². The predicted molar refractivity (Wildman–Crippen MR) is 72.7 cm³/mol. The third kappa shape index (κ3) is 2.56. The Labute approximate surface area is 108 Å². The zero-order valence-corrected chi connectivity index (χ0v) is 11.3. The third-order valence-corrected chi connectivity index (χ3v) is 3.43. The number of nitrogens with zero attached hydrogens (tertiary/aromatic N) is 3. The van der Waals surface area contributed by atoms with E-state index in [1.165, 1.54) is 0 Å². The van der Waals surface area contributed by atoms with E-state index in [0.717, 1.165) is 19.6 Å². The van der Waals surface area contributed by atoms with Gasteiger partial charge in [0.2, 0.25) is 0 Å². The van der Waals surface area contributed by atoms with Crippen LogP contribution in [0.3, 0.4) is 0 Å². The van der Waals surface area contributed by atoms with Crippen LogP contribution in [0.15, 0.2) is 17.2 Å². The van der Waals surface area contributed by atoms with Gasteiger partial charge in [-0.05, 0) is 11.8 Å². The molecule has 2 rings (SSSR count). The zero-order valence-electron chi connectivity index (χ0n) is 11.3. The average Bonchev–Trinajstić information content (AvgIpc) is 2.61. The standard InChI is InChI=1S/C13H22N4O/c1-9(2)6-16-5-4-15-12(13(16)18)17-7-10(3)11(14)8-17/h4-5,9-11H,6-8,14H2,1-3H3. The van der Waals surface area contributed by atoms with Crippen molar-refractivity contribution < 1.29 is 0 Å². The fraction of sp³-hybridized carbons (Fsp3) is 0.692. The van der Waals surface area contributed by atoms with Gasteiger partial charge in [0.25, 0.3) is 5.56 Å². The van der Waals surface area contributed by atoms with Crippen LogP contribution in [0.5, 0.6) is 0 Å². The average molecular weight is 250 g/mol. The number of hydrogen-bond acceptors (Lipinski definition) is 4. The summed E-state index contributed by atoms with van der Waals surface area (Å²) < 4.78 is 1.74. The highest BCUT2D eigenvalue weighted by molar-refractivity contribution is 5.38. The zero-order chi connectivity index (χ0) is 13.3. The highest BCUT2D eigenvalue weighted by atomic mass is 16.1. The number of nitrogens with two attached hydrogens (primary N) is 1. The van der Waals surface area contributed by atoms with Gasteiger partial charge in [0, 0.05) is 38.1 Å². The van der Waals surface area contributed by atoms with E-state index >= 15 is 0 Å². The highest BCUT2D eigenvalue weighted by Crippen LogP contribution is 2.18. The molecule has 0 aromatic carbocycles. The Kier molecular flexibility index (Phi) is 3.71. The van der Waals surface area contributed by atoms with E-state index in [0.29, 0.717) is 17.7 Å². The monoisotopic (exact) mass is 250 g/mol. The van der Waals surface area contributed by atoms with Gasteiger partial charge >= 0.3 is 0 Å². The van der Waals surface area contributed by atoms with Crippen LogP contribution in [-0.4, -0.2) is 28.7 Å². The molecule has 1 fully saturated rings. The van der Waals surface area contributed by atoms with E-state index in [4.69, 9.17) is 5.73 Å². The second-order valence-corrected chi connectivity index (χ2v) is 5.65. The van der Waals surface area contributed by atoms with Crippen LogP contribution in [0.1, 0.15) is 20.8 Å². The molecule has 18 heavy (non-hydrogen) atoms. The van der Waals surface area contributed by atoms with Crippen molar-refractivity contribution in [3.63, 3.8) is 0 Å². The van der Waals surface area contributed by atoms with Gasteiger partial charge in [-0.2, -0.15) is 0 Å². The molecule has 100 valence electrons. The van der Waals surface area contributed by atoms with E-state index < -0.39 is 0 Å². The van der Waals surface area contributed by atoms with Crippen molar-refractivity contribution in [1.82, 2.24) is 9.55 Å². The molecule has 0 aliphatic carbocycles. The molecule has 1 aromatic rings. The Morgan fingerprint density at radius 2 is 2.22 bits per heavy atom. The molecule has 1 aliphatic rings. The maximum Gasteiger partial charge on any atom is 0.293 e. The van der Waals surface area contributed by atoms with Gasteiger partial charge in [-0.3, -0.25) is 4.79 Å². The molecule has 0 bridgehead atoms. The largest absolute Gasteiger partial charge is 0.350 e. The van der Waals surface area contributed by atoms with Crippen molar-refractivity contribution >= 4 is 5.82 Å². The minimum atomic E-state index is -0.00694. The summed E-state index contributed by atoms with van der Waals surface area (Å²) in [5.41, 5.74) is 5.99. The minimum absolute atomic E-state index is 0.00694. The first-order chi connectivity index (χ1) is 8.49. The lowest BCUT2D eigenvalue weighted by atomic mass is 10.1. The lowest BCUT2D eigenvalue weighted by Gasteiger charge is -2.17. The summed E-state index contributed by atoms with van der Waals surface area (Å²) in [5.74, 6) is 1.39. The predicted octanol–water partition coefficient (Wildman–Crippen LogP) is 0.683. The molecule has 1 saturated heterocycles. The first-order valence-corrected chi connectivity index (χ1v) is 6.55. The molecule has 5 heteroatoms. The molecule has 0 amide bonds. The summed E-state index contributed by atoms with van der Waals surface area (Å²) in [6.45, 7) is 8.56. The van der Waals surface area contributed by atoms with Gasteiger partial charge in [0.1, 0.15) is 0 Å². The van der Waals surface area contributed by atoms with Crippen LogP contribution < -0.4 is 16.2 Å². The topological polar surface area (TPSA) is 64.2 Å². The van der Waals surface area contributed by atoms with Gasteiger partial charge in [0.05, 0.1) is 0 Å². The highest BCUT2D eigenvalue weighted by Gasteiger charge is 2.29. The second kappa shape index (κ2) is 5.10.